The zero-order valence-electron chi connectivity index (χ0n) is 26.8. The minimum atomic E-state index is -0.632. The number of anilines is 2. The molecule has 0 radical (unpaired) electrons. The van der Waals surface area contributed by atoms with Crippen LogP contribution in [0, 0.1) is 0 Å². The van der Waals surface area contributed by atoms with E-state index in [4.69, 9.17) is 4.74 Å². The van der Waals surface area contributed by atoms with Crippen molar-refractivity contribution in [3.8, 4) is 0 Å². The molecule has 0 aliphatic carbocycles. The smallest absolute Gasteiger partial charge is 0.338 e. The van der Waals surface area contributed by atoms with E-state index in [1.165, 1.54) is 23.9 Å². The third kappa shape index (κ3) is 8.26. The first-order valence-electron chi connectivity index (χ1n) is 15.5. The highest BCUT2D eigenvalue weighted by atomic mass is 32.2. The lowest BCUT2D eigenvalue weighted by atomic mass is 10.0. The zero-order valence-corrected chi connectivity index (χ0v) is 27.6. The topological polar surface area (TPSA) is 122 Å². The summed E-state index contributed by atoms with van der Waals surface area (Å²) < 4.78 is 4.99. The molecule has 4 amide bonds. The maximum Gasteiger partial charge on any atom is 0.338 e. The van der Waals surface area contributed by atoms with Gasteiger partial charge in [-0.15, -0.1) is 11.8 Å². The normalized spacial score (nSPS) is 14.6. The molecule has 1 heterocycles. The van der Waals surface area contributed by atoms with Crippen LogP contribution in [0.25, 0.3) is 6.08 Å². The molecule has 244 valence electrons. The predicted octanol–water partition coefficient (Wildman–Crippen LogP) is 6.82. The van der Waals surface area contributed by atoms with Gasteiger partial charge in [-0.3, -0.25) is 19.2 Å². The number of amides is 4. The van der Waals surface area contributed by atoms with E-state index in [0.29, 0.717) is 28.4 Å². The molecular weight excluding hydrogens is 627 g/mol. The molecule has 1 aliphatic rings. The number of thioether (sulfide) groups is 1. The molecule has 0 saturated carbocycles. The van der Waals surface area contributed by atoms with Crippen molar-refractivity contribution in [1.82, 2.24) is 5.32 Å². The second kappa shape index (κ2) is 15.4. The number of imide groups is 1. The number of carbonyl (C=O) groups is 5. The fraction of sp³-hybridized carbons (Fsp3) is 0.184. The number of hydrogen-bond acceptors (Lipinski definition) is 7. The second-order valence-electron chi connectivity index (χ2n) is 11.3. The van der Waals surface area contributed by atoms with Gasteiger partial charge in [-0.1, -0.05) is 56.3 Å². The van der Waals surface area contributed by atoms with Gasteiger partial charge in [-0.25, -0.2) is 9.69 Å². The molecule has 2 N–H and O–H groups in total. The van der Waals surface area contributed by atoms with Gasteiger partial charge in [0, 0.05) is 22.6 Å². The highest BCUT2D eigenvalue weighted by molar-refractivity contribution is 8.00. The van der Waals surface area contributed by atoms with Crippen LogP contribution in [-0.2, 0) is 19.1 Å². The van der Waals surface area contributed by atoms with Gasteiger partial charge in [0.2, 0.25) is 11.8 Å². The first-order valence-corrected chi connectivity index (χ1v) is 16.4. The minimum Gasteiger partial charge on any atom is -0.462 e. The van der Waals surface area contributed by atoms with E-state index < -0.39 is 23.0 Å². The molecule has 4 aromatic rings. The van der Waals surface area contributed by atoms with Crippen molar-refractivity contribution in [3.05, 3.63) is 131 Å². The summed E-state index contributed by atoms with van der Waals surface area (Å²) >= 11 is 1.25. The number of nitrogens with one attached hydrogen (secondary N) is 2. The van der Waals surface area contributed by atoms with Crippen molar-refractivity contribution in [2.24, 2.45) is 0 Å². The fourth-order valence-corrected chi connectivity index (χ4v) is 6.05. The van der Waals surface area contributed by atoms with E-state index in [1.807, 2.05) is 30.3 Å². The summed E-state index contributed by atoms with van der Waals surface area (Å²) in [6, 6.07) is 29.5. The van der Waals surface area contributed by atoms with E-state index in [2.05, 4.69) is 24.5 Å². The SMILES string of the molecule is CCOC(=O)c1ccc(N2C(=O)CC(Sc3ccc(NC(=O)/C(=C/c4ccc(C(C)C)cc4)NC(=O)c4ccccc4)cc3)C2=O)cc1. The van der Waals surface area contributed by atoms with Gasteiger partial charge in [0.05, 0.1) is 23.1 Å². The monoisotopic (exact) mass is 661 g/mol. The molecule has 5 rings (SSSR count). The van der Waals surface area contributed by atoms with Crippen LogP contribution in [0.2, 0.25) is 0 Å². The lowest BCUT2D eigenvalue weighted by Gasteiger charge is -2.15. The Morgan fingerprint density at radius 1 is 0.875 bits per heavy atom. The number of carbonyl (C=O) groups excluding carboxylic acids is 5. The minimum absolute atomic E-state index is 0.0228. The Morgan fingerprint density at radius 3 is 2.17 bits per heavy atom. The molecule has 1 saturated heterocycles. The highest BCUT2D eigenvalue weighted by Crippen LogP contribution is 2.34. The Kier molecular flexibility index (Phi) is 10.9. The van der Waals surface area contributed by atoms with E-state index in [-0.39, 0.29) is 30.5 Å². The highest BCUT2D eigenvalue weighted by Gasteiger charge is 2.40. The zero-order chi connectivity index (χ0) is 34.2. The quantitative estimate of drug-likeness (QED) is 0.103. The Balaban J connectivity index is 1.26. The third-order valence-corrected chi connectivity index (χ3v) is 8.77. The Bertz CT molecular complexity index is 1840. The van der Waals surface area contributed by atoms with Gasteiger partial charge in [-0.05, 0) is 90.7 Å². The van der Waals surface area contributed by atoms with Crippen LogP contribution in [0.1, 0.15) is 65.0 Å². The van der Waals surface area contributed by atoms with Crippen molar-refractivity contribution in [3.63, 3.8) is 0 Å². The molecule has 48 heavy (non-hydrogen) atoms. The van der Waals surface area contributed by atoms with Gasteiger partial charge in [0.15, 0.2) is 0 Å². The number of benzene rings is 4. The molecule has 0 bridgehead atoms. The van der Waals surface area contributed by atoms with E-state index in [9.17, 15) is 24.0 Å². The lowest BCUT2D eigenvalue weighted by molar-refractivity contribution is -0.121. The molecule has 1 atom stereocenters. The van der Waals surface area contributed by atoms with Crippen molar-refractivity contribution >= 4 is 58.8 Å². The van der Waals surface area contributed by atoms with Crippen molar-refractivity contribution < 1.29 is 28.7 Å². The number of rotatable bonds is 11. The molecule has 1 aliphatic heterocycles. The van der Waals surface area contributed by atoms with Crippen molar-refractivity contribution in [2.45, 2.75) is 43.3 Å². The van der Waals surface area contributed by atoms with Crippen molar-refractivity contribution in [2.75, 3.05) is 16.8 Å². The predicted molar refractivity (Wildman–Crippen MR) is 187 cm³/mol. The van der Waals surface area contributed by atoms with Crippen LogP contribution in [-0.4, -0.2) is 41.5 Å². The van der Waals surface area contributed by atoms with Gasteiger partial charge in [0.25, 0.3) is 11.8 Å². The number of hydrogen-bond donors (Lipinski definition) is 2. The van der Waals surface area contributed by atoms with E-state index in [1.54, 1.807) is 73.7 Å². The maximum absolute atomic E-state index is 13.5. The summed E-state index contributed by atoms with van der Waals surface area (Å²) in [7, 11) is 0. The Hall–Kier alpha value is -5.48. The van der Waals surface area contributed by atoms with E-state index >= 15 is 0 Å². The summed E-state index contributed by atoms with van der Waals surface area (Å²) in [6.07, 6.45) is 1.65. The van der Waals surface area contributed by atoms with Crippen LogP contribution in [0.3, 0.4) is 0 Å². The summed E-state index contributed by atoms with van der Waals surface area (Å²) in [5, 5.41) is 4.96. The van der Waals surface area contributed by atoms with Gasteiger partial charge in [0.1, 0.15) is 5.70 Å². The summed E-state index contributed by atoms with van der Waals surface area (Å²) in [5.74, 6) is -1.72. The summed E-state index contributed by atoms with van der Waals surface area (Å²) in [5.41, 5.74) is 3.61. The molecule has 0 spiro atoms. The first-order chi connectivity index (χ1) is 23.1. The van der Waals surface area contributed by atoms with E-state index in [0.717, 1.165) is 20.9 Å². The fourth-order valence-electron chi connectivity index (χ4n) is 4.99. The molecule has 9 nitrogen and oxygen atoms in total. The Labute approximate surface area is 283 Å². The van der Waals surface area contributed by atoms with Gasteiger partial charge < -0.3 is 15.4 Å². The van der Waals surface area contributed by atoms with Crippen LogP contribution < -0.4 is 15.5 Å². The number of ether oxygens (including phenoxy) is 1. The average Bonchev–Trinajstić information content (AvgIpc) is 3.37. The second-order valence-corrected chi connectivity index (χ2v) is 12.6. The molecular formula is C38H35N3O6S. The summed E-state index contributed by atoms with van der Waals surface area (Å²) in [6.45, 7) is 6.16. The van der Waals surface area contributed by atoms with Gasteiger partial charge >= 0.3 is 5.97 Å². The standard InChI is InChI=1S/C38H35N3O6S/c1-4-47-38(46)28-14-18-30(19-15-28)41-34(42)23-33(37(41)45)48-31-20-16-29(17-21-31)39-36(44)32(40-35(43)27-8-6-5-7-9-27)22-25-10-12-26(13-11-25)24(2)3/h5-22,24,33H,4,23H2,1-3H3,(H,39,44)(H,40,43)/b32-22-. The number of nitrogens with zero attached hydrogens (tertiary/aromatic N) is 1. The van der Waals surface area contributed by atoms with Crippen LogP contribution >= 0.6 is 11.8 Å². The van der Waals surface area contributed by atoms with Crippen LogP contribution in [0.15, 0.2) is 114 Å². The maximum atomic E-state index is 13.5. The van der Waals surface area contributed by atoms with Crippen LogP contribution in [0.5, 0.6) is 0 Å². The molecule has 10 heteroatoms. The van der Waals surface area contributed by atoms with Crippen LogP contribution in [0.4, 0.5) is 11.4 Å². The molecule has 4 aromatic carbocycles. The molecule has 0 aromatic heterocycles. The average molecular weight is 662 g/mol. The first kappa shape index (κ1) is 33.9. The lowest BCUT2D eigenvalue weighted by Crippen LogP contribution is -2.31. The molecule has 1 unspecified atom stereocenters. The number of esters is 1. The Morgan fingerprint density at radius 2 is 1.54 bits per heavy atom. The molecule has 1 fully saturated rings. The largest absolute Gasteiger partial charge is 0.462 e. The third-order valence-electron chi connectivity index (χ3n) is 7.58. The van der Waals surface area contributed by atoms with Crippen molar-refractivity contribution in [1.29, 1.82) is 0 Å². The van der Waals surface area contributed by atoms with Gasteiger partial charge in [-0.2, -0.15) is 0 Å². The summed E-state index contributed by atoms with van der Waals surface area (Å²) in [4.78, 5) is 66.3.